The van der Waals surface area contributed by atoms with Crippen LogP contribution in [0.1, 0.15) is 65.2 Å². The molecule has 4 aromatic rings. The van der Waals surface area contributed by atoms with Crippen LogP contribution in [0.2, 0.25) is 0 Å². The average molecular weight is 555 g/mol. The van der Waals surface area contributed by atoms with Crippen LogP contribution in [0.5, 0.6) is 5.75 Å². The van der Waals surface area contributed by atoms with Crippen LogP contribution in [0, 0.1) is 0 Å². The third-order valence-electron chi connectivity index (χ3n) is 5.56. The minimum atomic E-state index is -0.355. The molecule has 182 valence electrons. The van der Waals surface area contributed by atoms with Crippen LogP contribution in [-0.2, 0) is 15.6 Å². The second-order valence-corrected chi connectivity index (χ2v) is 12.5. The van der Waals surface area contributed by atoms with Gasteiger partial charge in [-0.15, -0.1) is 5.10 Å². The van der Waals surface area contributed by atoms with Crippen molar-refractivity contribution in [3.63, 3.8) is 0 Å². The van der Waals surface area contributed by atoms with E-state index >= 15 is 0 Å². The summed E-state index contributed by atoms with van der Waals surface area (Å²) in [6.07, 6.45) is 1.87. The summed E-state index contributed by atoms with van der Waals surface area (Å²) >= 11 is 4.73. The Balaban J connectivity index is 1.88. The van der Waals surface area contributed by atoms with E-state index in [-0.39, 0.29) is 22.4 Å². The molecular weight excluding hydrogens is 526 g/mol. The van der Waals surface area contributed by atoms with E-state index in [0.29, 0.717) is 21.1 Å². The van der Waals surface area contributed by atoms with Crippen molar-refractivity contribution < 1.29 is 9.53 Å². The molecule has 0 fully saturated rings. The summed E-state index contributed by atoms with van der Waals surface area (Å²) in [6, 6.07) is 11.6. The van der Waals surface area contributed by atoms with Gasteiger partial charge in [0, 0.05) is 28.1 Å². The van der Waals surface area contributed by atoms with Crippen LogP contribution in [0.3, 0.4) is 0 Å². The summed E-state index contributed by atoms with van der Waals surface area (Å²) < 4.78 is 8.58. The van der Waals surface area contributed by atoms with E-state index in [0.717, 1.165) is 26.7 Å². The number of ether oxygens (including phenoxy) is 1. The van der Waals surface area contributed by atoms with Crippen LogP contribution in [0.25, 0.3) is 22.4 Å². The molecule has 2 aromatic carbocycles. The summed E-state index contributed by atoms with van der Waals surface area (Å²) in [5.74, 6) is 0.758. The number of thiazole rings is 1. The normalized spacial score (nSPS) is 13.0. The standard InChI is InChI=1S/C27H28BrN3O3S/c1-15(32)34-22-19(26(2,3)4)12-16(13-20(22)27(5,6)7)14-21-24(33)31-25(35-21)29-23(30-31)17-8-10-18(28)11-9-17/h8-14H,1-7H3. The van der Waals surface area contributed by atoms with Crippen LogP contribution >= 0.6 is 27.3 Å². The Morgan fingerprint density at radius 1 is 1.03 bits per heavy atom. The molecule has 0 aliphatic rings. The highest BCUT2D eigenvalue weighted by Gasteiger charge is 2.28. The Bertz CT molecular complexity index is 1500. The van der Waals surface area contributed by atoms with Gasteiger partial charge in [0.15, 0.2) is 5.82 Å². The lowest BCUT2D eigenvalue weighted by Crippen LogP contribution is -2.24. The van der Waals surface area contributed by atoms with Gasteiger partial charge in [-0.05, 0) is 46.7 Å². The summed E-state index contributed by atoms with van der Waals surface area (Å²) in [5, 5.41) is 4.45. The Hall–Kier alpha value is -2.84. The van der Waals surface area contributed by atoms with Gasteiger partial charge in [0.25, 0.3) is 5.56 Å². The first-order valence-corrected chi connectivity index (χ1v) is 12.9. The molecule has 0 saturated heterocycles. The van der Waals surface area contributed by atoms with E-state index in [4.69, 9.17) is 4.74 Å². The molecule has 0 unspecified atom stereocenters. The van der Waals surface area contributed by atoms with Crippen molar-refractivity contribution in [2.24, 2.45) is 0 Å². The summed E-state index contributed by atoms with van der Waals surface area (Å²) in [4.78, 5) is 30.2. The monoisotopic (exact) mass is 553 g/mol. The average Bonchev–Trinajstić information content (AvgIpc) is 3.27. The number of carbonyl (C=O) groups is 1. The van der Waals surface area contributed by atoms with Crippen molar-refractivity contribution in [1.82, 2.24) is 14.6 Å². The minimum absolute atomic E-state index is 0.209. The lowest BCUT2D eigenvalue weighted by molar-refractivity contribution is -0.132. The number of fused-ring (bicyclic) bond motifs is 1. The Morgan fingerprint density at radius 3 is 2.09 bits per heavy atom. The van der Waals surface area contributed by atoms with Gasteiger partial charge >= 0.3 is 5.97 Å². The zero-order valence-corrected chi connectivity index (χ0v) is 23.3. The maximum atomic E-state index is 13.2. The molecule has 2 aromatic heterocycles. The third kappa shape index (κ3) is 5.23. The number of halogens is 1. The van der Waals surface area contributed by atoms with Gasteiger partial charge < -0.3 is 4.74 Å². The highest BCUT2D eigenvalue weighted by Crippen LogP contribution is 2.41. The number of hydrogen-bond acceptors (Lipinski definition) is 6. The lowest BCUT2D eigenvalue weighted by Gasteiger charge is -2.29. The molecule has 0 bridgehead atoms. The van der Waals surface area contributed by atoms with Gasteiger partial charge in [0.2, 0.25) is 4.96 Å². The van der Waals surface area contributed by atoms with Gasteiger partial charge in [-0.25, -0.2) is 0 Å². The Kier molecular flexibility index (Phi) is 6.49. The fourth-order valence-electron chi connectivity index (χ4n) is 3.81. The zero-order chi connectivity index (χ0) is 25.7. The van der Waals surface area contributed by atoms with Crippen LogP contribution in [0.4, 0.5) is 0 Å². The number of benzene rings is 2. The zero-order valence-electron chi connectivity index (χ0n) is 20.9. The van der Waals surface area contributed by atoms with Gasteiger partial charge in [0.1, 0.15) is 5.75 Å². The smallest absolute Gasteiger partial charge is 0.308 e. The third-order valence-corrected chi connectivity index (χ3v) is 7.04. The highest BCUT2D eigenvalue weighted by molar-refractivity contribution is 9.10. The first kappa shape index (κ1) is 25.3. The topological polar surface area (TPSA) is 73.6 Å². The first-order chi connectivity index (χ1) is 16.2. The molecule has 0 N–H and O–H groups in total. The summed E-state index contributed by atoms with van der Waals surface area (Å²) in [7, 11) is 0. The van der Waals surface area contributed by atoms with Crippen molar-refractivity contribution in [3.8, 4) is 17.1 Å². The molecule has 2 heterocycles. The van der Waals surface area contributed by atoms with E-state index in [9.17, 15) is 9.59 Å². The molecule has 6 nitrogen and oxygen atoms in total. The van der Waals surface area contributed by atoms with Crippen LogP contribution < -0.4 is 14.8 Å². The van der Waals surface area contributed by atoms with Crippen LogP contribution in [-0.4, -0.2) is 20.6 Å². The van der Waals surface area contributed by atoms with Gasteiger partial charge in [-0.1, -0.05) is 80.9 Å². The molecule has 8 heteroatoms. The number of aromatic nitrogens is 3. The predicted octanol–water partition coefficient (Wildman–Crippen LogP) is 5.65. The number of rotatable bonds is 3. The van der Waals surface area contributed by atoms with E-state index in [1.807, 2.05) is 42.5 Å². The van der Waals surface area contributed by atoms with Gasteiger partial charge in [-0.2, -0.15) is 9.50 Å². The number of nitrogens with zero attached hydrogens (tertiary/aromatic N) is 3. The van der Waals surface area contributed by atoms with Crippen molar-refractivity contribution in [2.45, 2.75) is 59.3 Å². The summed E-state index contributed by atoms with van der Waals surface area (Å²) in [5.41, 5.74) is 2.77. The van der Waals surface area contributed by atoms with Crippen molar-refractivity contribution in [2.75, 3.05) is 0 Å². The maximum absolute atomic E-state index is 13.2. The predicted molar refractivity (Wildman–Crippen MR) is 144 cm³/mol. The number of hydrogen-bond donors (Lipinski definition) is 0. The van der Waals surface area contributed by atoms with Gasteiger partial charge in [0.05, 0.1) is 4.53 Å². The van der Waals surface area contributed by atoms with E-state index in [1.54, 1.807) is 0 Å². The fourth-order valence-corrected chi connectivity index (χ4v) is 4.98. The first-order valence-electron chi connectivity index (χ1n) is 11.3. The molecule has 0 spiro atoms. The van der Waals surface area contributed by atoms with Crippen molar-refractivity contribution >= 4 is 44.3 Å². The quantitative estimate of drug-likeness (QED) is 0.242. The largest absolute Gasteiger partial charge is 0.426 e. The molecule has 0 saturated carbocycles. The molecule has 0 atom stereocenters. The summed E-state index contributed by atoms with van der Waals surface area (Å²) in [6.45, 7) is 13.9. The maximum Gasteiger partial charge on any atom is 0.308 e. The molecule has 0 aliphatic carbocycles. The number of esters is 1. The van der Waals surface area contributed by atoms with Crippen molar-refractivity contribution in [3.05, 3.63) is 72.4 Å². The second kappa shape index (κ2) is 8.99. The SMILES string of the molecule is CC(=O)Oc1c(C(C)(C)C)cc(C=c2sc3nc(-c4ccc(Br)cc4)nn3c2=O)cc1C(C)(C)C. The molecule has 0 amide bonds. The minimum Gasteiger partial charge on any atom is -0.426 e. The highest BCUT2D eigenvalue weighted by atomic mass is 79.9. The second-order valence-electron chi connectivity index (χ2n) is 10.6. The van der Waals surface area contributed by atoms with Crippen LogP contribution in [0.15, 0.2) is 45.7 Å². The van der Waals surface area contributed by atoms with Gasteiger partial charge in [-0.3, -0.25) is 9.59 Å². The molecule has 35 heavy (non-hydrogen) atoms. The Morgan fingerprint density at radius 2 is 1.60 bits per heavy atom. The number of carbonyl (C=O) groups excluding carboxylic acids is 1. The van der Waals surface area contributed by atoms with Crippen molar-refractivity contribution in [1.29, 1.82) is 0 Å². The Labute approximate surface area is 216 Å². The molecule has 0 radical (unpaired) electrons. The molecular formula is C27H28BrN3O3S. The van der Waals surface area contributed by atoms with E-state index in [1.165, 1.54) is 22.8 Å². The van der Waals surface area contributed by atoms with E-state index < -0.39 is 0 Å². The fraction of sp³-hybridized carbons (Fsp3) is 0.333. The lowest BCUT2D eigenvalue weighted by atomic mass is 9.78. The molecule has 4 rings (SSSR count). The van der Waals surface area contributed by atoms with E-state index in [2.05, 4.69) is 67.6 Å². The molecule has 0 aliphatic heterocycles.